The molecule has 8 heteroatoms. The maximum absolute atomic E-state index is 13.9. The largest absolute Gasteiger partial charge is 0.465 e. The van der Waals surface area contributed by atoms with Crippen molar-refractivity contribution in [1.29, 1.82) is 0 Å². The Morgan fingerprint density at radius 3 is 2.75 bits per heavy atom. The van der Waals surface area contributed by atoms with Crippen LogP contribution in [-0.2, 0) is 27.9 Å². The molecule has 0 fully saturated rings. The van der Waals surface area contributed by atoms with Gasteiger partial charge in [-0.3, -0.25) is 9.59 Å². The predicted octanol–water partition coefficient (Wildman–Crippen LogP) is 4.09. The van der Waals surface area contributed by atoms with E-state index in [1.807, 2.05) is 18.2 Å². The van der Waals surface area contributed by atoms with Gasteiger partial charge in [-0.15, -0.1) is 5.10 Å². The molecule has 32 heavy (non-hydrogen) atoms. The highest BCUT2D eigenvalue weighted by atomic mass is 32.2. The van der Waals surface area contributed by atoms with Crippen molar-refractivity contribution in [3.63, 3.8) is 0 Å². The van der Waals surface area contributed by atoms with Crippen LogP contribution in [0.1, 0.15) is 52.2 Å². The fraction of sp³-hybridized carbons (Fsp3) is 0.500. The molecule has 0 saturated heterocycles. The zero-order valence-corrected chi connectivity index (χ0v) is 20.2. The summed E-state index contributed by atoms with van der Waals surface area (Å²) in [7, 11) is 0. The van der Waals surface area contributed by atoms with Crippen LogP contribution in [0.5, 0.6) is 0 Å². The number of nitrogens with zero attached hydrogens (tertiary/aromatic N) is 4. The van der Waals surface area contributed by atoms with Crippen LogP contribution in [0, 0.1) is 5.92 Å². The third-order valence-corrected chi connectivity index (χ3v) is 6.75. The van der Waals surface area contributed by atoms with Crippen LogP contribution >= 0.6 is 11.8 Å². The van der Waals surface area contributed by atoms with Crippen LogP contribution in [0.2, 0.25) is 0 Å². The highest BCUT2D eigenvalue weighted by Gasteiger charge is 2.36. The minimum Gasteiger partial charge on any atom is -0.465 e. The number of ether oxygens (including phenoxy) is 1. The van der Waals surface area contributed by atoms with Crippen molar-refractivity contribution in [3.8, 4) is 11.3 Å². The van der Waals surface area contributed by atoms with Gasteiger partial charge in [-0.25, -0.2) is 14.1 Å². The smallest absolute Gasteiger partial charge is 0.327 e. The molecule has 0 spiro atoms. The standard InChI is InChI=1S/C24H30N4O3S/c1-6-31-18(29)14-27-22-25-20-17-10-8-7-9-16(17)13-24(4,5)19(20)21(30)28(22)23(26-27)32-12-11-15(2)3/h7-10,15H,6,11-14H2,1-5H3. The summed E-state index contributed by atoms with van der Waals surface area (Å²) in [6, 6.07) is 8.08. The Bertz CT molecular complexity index is 1230. The second-order valence-electron chi connectivity index (χ2n) is 9.27. The number of fused-ring (bicyclic) bond motifs is 4. The van der Waals surface area contributed by atoms with Crippen molar-refractivity contribution in [2.75, 3.05) is 12.4 Å². The number of esters is 1. The highest BCUT2D eigenvalue weighted by Crippen LogP contribution is 2.40. The molecule has 0 radical (unpaired) electrons. The fourth-order valence-corrected chi connectivity index (χ4v) is 5.46. The Morgan fingerprint density at radius 2 is 2.03 bits per heavy atom. The monoisotopic (exact) mass is 454 g/mol. The van der Waals surface area contributed by atoms with Gasteiger partial charge in [0.1, 0.15) is 6.54 Å². The molecule has 1 aliphatic carbocycles. The summed E-state index contributed by atoms with van der Waals surface area (Å²) in [4.78, 5) is 31.1. The molecule has 1 aromatic carbocycles. The predicted molar refractivity (Wildman–Crippen MR) is 126 cm³/mol. The van der Waals surface area contributed by atoms with Gasteiger partial charge >= 0.3 is 5.97 Å². The Hall–Kier alpha value is -2.61. The first kappa shape index (κ1) is 22.6. The summed E-state index contributed by atoms with van der Waals surface area (Å²) < 4.78 is 8.21. The Balaban J connectivity index is 1.94. The van der Waals surface area contributed by atoms with Crippen LogP contribution in [0.4, 0.5) is 0 Å². The zero-order valence-electron chi connectivity index (χ0n) is 19.3. The van der Waals surface area contributed by atoms with E-state index in [0.29, 0.717) is 34.7 Å². The second-order valence-corrected chi connectivity index (χ2v) is 10.3. The van der Waals surface area contributed by atoms with Gasteiger partial charge in [-0.2, -0.15) is 0 Å². The van der Waals surface area contributed by atoms with Crippen LogP contribution in [0.15, 0.2) is 34.2 Å². The third-order valence-electron chi connectivity index (χ3n) is 5.79. The van der Waals surface area contributed by atoms with Crippen molar-refractivity contribution in [3.05, 3.63) is 45.7 Å². The van der Waals surface area contributed by atoms with Crippen LogP contribution in [0.3, 0.4) is 0 Å². The Labute approximate surface area is 192 Å². The van der Waals surface area contributed by atoms with Crippen LogP contribution in [0.25, 0.3) is 17.0 Å². The van der Waals surface area contributed by atoms with E-state index in [4.69, 9.17) is 9.72 Å². The van der Waals surface area contributed by atoms with Crippen molar-refractivity contribution in [1.82, 2.24) is 19.2 Å². The molecule has 0 N–H and O–H groups in total. The second kappa shape index (κ2) is 8.73. The molecular formula is C24H30N4O3S. The number of rotatable bonds is 7. The van der Waals surface area contributed by atoms with Crippen molar-refractivity contribution in [2.45, 2.75) is 64.6 Å². The SMILES string of the molecule is CCOC(=O)Cn1nc(SCCC(C)C)n2c(=O)c3c(nc12)-c1ccccc1CC3(C)C. The van der Waals surface area contributed by atoms with E-state index in [1.165, 1.54) is 22.0 Å². The molecule has 0 unspecified atom stereocenters. The summed E-state index contributed by atoms with van der Waals surface area (Å²) in [5, 5.41) is 5.19. The molecule has 1 aliphatic rings. The quantitative estimate of drug-likeness (QED) is 0.395. The van der Waals surface area contributed by atoms with E-state index < -0.39 is 5.97 Å². The lowest BCUT2D eigenvalue weighted by Gasteiger charge is -2.32. The molecule has 7 nitrogen and oxygen atoms in total. The van der Waals surface area contributed by atoms with E-state index in [0.717, 1.165) is 24.2 Å². The number of benzene rings is 1. The molecule has 0 saturated carbocycles. The summed E-state index contributed by atoms with van der Waals surface area (Å²) in [6.07, 6.45) is 1.77. The Morgan fingerprint density at radius 1 is 1.28 bits per heavy atom. The van der Waals surface area contributed by atoms with Crippen LogP contribution in [-0.4, -0.2) is 37.5 Å². The number of aromatic nitrogens is 4. The lowest BCUT2D eigenvalue weighted by molar-refractivity contribution is -0.143. The molecule has 4 rings (SSSR count). The average Bonchev–Trinajstić information content (AvgIpc) is 3.05. The van der Waals surface area contributed by atoms with Crippen LogP contribution < -0.4 is 5.56 Å². The van der Waals surface area contributed by atoms with Gasteiger partial charge in [-0.1, -0.05) is 63.7 Å². The normalized spacial score (nSPS) is 14.4. The van der Waals surface area contributed by atoms with Gasteiger partial charge in [0.05, 0.1) is 17.9 Å². The van der Waals surface area contributed by atoms with Crippen molar-refractivity contribution < 1.29 is 9.53 Å². The highest BCUT2D eigenvalue weighted by molar-refractivity contribution is 7.99. The molecule has 2 heterocycles. The van der Waals surface area contributed by atoms with E-state index in [9.17, 15) is 9.59 Å². The van der Waals surface area contributed by atoms with Crippen molar-refractivity contribution >= 4 is 23.5 Å². The lowest BCUT2D eigenvalue weighted by Crippen LogP contribution is -2.36. The van der Waals surface area contributed by atoms with Crippen molar-refractivity contribution in [2.24, 2.45) is 5.92 Å². The molecule has 0 atom stereocenters. The van der Waals surface area contributed by atoms with E-state index >= 15 is 0 Å². The summed E-state index contributed by atoms with van der Waals surface area (Å²) >= 11 is 1.53. The minimum absolute atomic E-state index is 0.0850. The molecule has 0 aliphatic heterocycles. The van der Waals surface area contributed by atoms with E-state index in [-0.39, 0.29) is 17.5 Å². The maximum Gasteiger partial charge on any atom is 0.327 e. The zero-order chi connectivity index (χ0) is 23.0. The molecule has 2 aromatic heterocycles. The number of thioether (sulfide) groups is 1. The average molecular weight is 455 g/mol. The van der Waals surface area contributed by atoms with E-state index in [2.05, 4.69) is 38.9 Å². The lowest BCUT2D eigenvalue weighted by atomic mass is 9.72. The number of hydrogen-bond donors (Lipinski definition) is 0. The summed E-state index contributed by atoms with van der Waals surface area (Å²) in [5.74, 6) is 1.36. The van der Waals surface area contributed by atoms with Gasteiger partial charge in [0.2, 0.25) is 5.78 Å². The van der Waals surface area contributed by atoms with Gasteiger partial charge in [0.15, 0.2) is 5.16 Å². The summed E-state index contributed by atoms with van der Waals surface area (Å²) in [5.41, 5.74) is 3.06. The molecule has 0 amide bonds. The molecule has 0 bridgehead atoms. The molecular weight excluding hydrogens is 424 g/mol. The minimum atomic E-state index is -0.399. The topological polar surface area (TPSA) is 78.5 Å². The van der Waals surface area contributed by atoms with E-state index in [1.54, 1.807) is 11.3 Å². The fourth-order valence-electron chi connectivity index (χ4n) is 4.24. The number of hydrogen-bond acceptors (Lipinski definition) is 6. The molecule has 3 aromatic rings. The maximum atomic E-state index is 13.9. The van der Waals surface area contributed by atoms with Gasteiger partial charge in [-0.05, 0) is 31.2 Å². The van der Waals surface area contributed by atoms with Gasteiger partial charge < -0.3 is 4.74 Å². The Kier molecular flexibility index (Phi) is 6.16. The first-order valence-electron chi connectivity index (χ1n) is 11.1. The third kappa shape index (κ3) is 4.08. The van der Waals surface area contributed by atoms with Gasteiger partial charge in [0, 0.05) is 16.7 Å². The molecule has 170 valence electrons. The first-order valence-corrected chi connectivity index (χ1v) is 12.1. The number of carbonyl (C=O) groups excluding carboxylic acids is 1. The first-order chi connectivity index (χ1) is 15.2. The summed E-state index contributed by atoms with van der Waals surface area (Å²) in [6.45, 7) is 10.5. The number of carbonyl (C=O) groups is 1. The van der Waals surface area contributed by atoms with Gasteiger partial charge in [0.25, 0.3) is 5.56 Å².